The molecule has 1 amide bonds. The van der Waals surface area contributed by atoms with Crippen molar-refractivity contribution in [2.24, 2.45) is 0 Å². The van der Waals surface area contributed by atoms with Gasteiger partial charge in [-0.3, -0.25) is 14.2 Å². The average Bonchev–Trinajstić information content (AvgIpc) is 3.24. The number of nitrogens with zero attached hydrogens (tertiary/aromatic N) is 3. The van der Waals surface area contributed by atoms with E-state index in [1.807, 2.05) is 12.3 Å². The summed E-state index contributed by atoms with van der Waals surface area (Å²) < 4.78 is 1.93. The van der Waals surface area contributed by atoms with Crippen molar-refractivity contribution in [1.82, 2.24) is 19.9 Å². The van der Waals surface area contributed by atoms with Gasteiger partial charge >= 0.3 is 0 Å². The molecule has 0 saturated carbocycles. The number of rotatable bonds is 4. The molecule has 0 aliphatic heterocycles. The van der Waals surface area contributed by atoms with E-state index >= 15 is 0 Å². The van der Waals surface area contributed by atoms with Gasteiger partial charge in [-0.2, -0.15) is 0 Å². The quantitative estimate of drug-likeness (QED) is 0.762. The highest BCUT2D eigenvalue weighted by atomic mass is 32.1. The molecule has 0 spiro atoms. The number of hydrogen-bond donors (Lipinski definition) is 1. The Morgan fingerprint density at radius 1 is 1.40 bits per heavy atom. The average molecular weight is 374 g/mol. The maximum Gasteiger partial charge on any atom is 0.271 e. The highest BCUT2D eigenvalue weighted by molar-refractivity contribution is 7.17. The summed E-state index contributed by atoms with van der Waals surface area (Å²) in [6.45, 7) is 1.90. The van der Waals surface area contributed by atoms with Gasteiger partial charge in [-0.25, -0.2) is 9.97 Å². The fourth-order valence-electron chi connectivity index (χ4n) is 3.05. The molecule has 0 unspecified atom stereocenters. The third kappa shape index (κ3) is 3.23. The summed E-state index contributed by atoms with van der Waals surface area (Å²) in [7, 11) is 0. The fourth-order valence-corrected chi connectivity index (χ4v) is 5.00. The molecule has 3 heterocycles. The molecule has 25 heavy (non-hydrogen) atoms. The highest BCUT2D eigenvalue weighted by Gasteiger charge is 2.20. The van der Waals surface area contributed by atoms with Gasteiger partial charge in [-0.15, -0.1) is 22.7 Å². The number of thiazole rings is 1. The molecule has 130 valence electrons. The van der Waals surface area contributed by atoms with Crippen LogP contribution in [0.4, 0.5) is 0 Å². The second kappa shape index (κ2) is 6.68. The minimum Gasteiger partial charge on any atom is -0.346 e. The maximum absolute atomic E-state index is 12.4. The van der Waals surface area contributed by atoms with E-state index in [4.69, 9.17) is 0 Å². The second-order valence-electron chi connectivity index (χ2n) is 6.23. The summed E-state index contributed by atoms with van der Waals surface area (Å²) in [5.41, 5.74) is 1.69. The van der Waals surface area contributed by atoms with Crippen molar-refractivity contribution in [1.29, 1.82) is 0 Å². The third-order valence-corrected chi connectivity index (χ3v) is 6.59. The van der Waals surface area contributed by atoms with Gasteiger partial charge in [-0.05, 0) is 44.1 Å². The maximum atomic E-state index is 12.4. The number of aromatic nitrogens is 3. The van der Waals surface area contributed by atoms with Gasteiger partial charge in [0.05, 0.1) is 23.6 Å². The number of carbonyl (C=O) groups excluding carboxylic acids is 1. The van der Waals surface area contributed by atoms with Crippen molar-refractivity contribution < 1.29 is 4.79 Å². The molecule has 6 nitrogen and oxygen atoms in total. The first-order valence-corrected chi connectivity index (χ1v) is 10.0. The number of amides is 1. The number of aryl methyl sites for hydroxylation is 2. The molecule has 0 aromatic carbocycles. The monoisotopic (exact) mass is 374 g/mol. The van der Waals surface area contributed by atoms with Gasteiger partial charge in [0.1, 0.15) is 16.3 Å². The Labute approximate surface area is 152 Å². The molecule has 1 aliphatic rings. The number of thiophene rings is 1. The van der Waals surface area contributed by atoms with Crippen molar-refractivity contribution in [2.45, 2.75) is 45.2 Å². The SMILES string of the molecule is C[C@H](NC(=O)Cn1cnc2ccsc2c1=O)c1nc2c(s1)CCCC2. The van der Waals surface area contributed by atoms with Crippen LogP contribution in [-0.2, 0) is 24.2 Å². The van der Waals surface area contributed by atoms with Gasteiger partial charge in [-0.1, -0.05) is 0 Å². The predicted molar refractivity (Wildman–Crippen MR) is 99.2 cm³/mol. The van der Waals surface area contributed by atoms with E-state index in [1.54, 1.807) is 17.4 Å². The summed E-state index contributed by atoms with van der Waals surface area (Å²) in [5, 5.41) is 5.72. The van der Waals surface area contributed by atoms with E-state index in [2.05, 4.69) is 15.3 Å². The molecule has 3 aromatic rings. The molecule has 0 radical (unpaired) electrons. The van der Waals surface area contributed by atoms with Crippen molar-refractivity contribution in [3.8, 4) is 0 Å². The molecule has 0 saturated heterocycles. The summed E-state index contributed by atoms with van der Waals surface area (Å²) in [5.74, 6) is -0.208. The molecule has 1 N–H and O–H groups in total. The summed E-state index contributed by atoms with van der Waals surface area (Å²) in [6, 6.07) is 1.65. The zero-order valence-corrected chi connectivity index (χ0v) is 15.5. The van der Waals surface area contributed by atoms with E-state index in [0.717, 1.165) is 17.8 Å². The van der Waals surface area contributed by atoms with Crippen molar-refractivity contribution in [3.63, 3.8) is 0 Å². The molecule has 0 bridgehead atoms. The van der Waals surface area contributed by atoms with Crippen LogP contribution in [0.25, 0.3) is 10.2 Å². The van der Waals surface area contributed by atoms with Gasteiger partial charge in [0.2, 0.25) is 5.91 Å². The van der Waals surface area contributed by atoms with E-state index in [-0.39, 0.29) is 24.1 Å². The predicted octanol–water partition coefficient (Wildman–Crippen LogP) is 2.67. The first kappa shape index (κ1) is 16.4. The van der Waals surface area contributed by atoms with Crippen LogP contribution < -0.4 is 10.9 Å². The van der Waals surface area contributed by atoms with Crippen LogP contribution in [0.5, 0.6) is 0 Å². The molecule has 4 rings (SSSR count). The highest BCUT2D eigenvalue weighted by Crippen LogP contribution is 2.29. The molecule has 8 heteroatoms. The first-order valence-electron chi connectivity index (χ1n) is 8.32. The number of hydrogen-bond acceptors (Lipinski definition) is 6. The first-order chi connectivity index (χ1) is 12.1. The lowest BCUT2D eigenvalue weighted by Crippen LogP contribution is -2.33. The van der Waals surface area contributed by atoms with Crippen molar-refractivity contribution in [2.75, 3.05) is 0 Å². The van der Waals surface area contributed by atoms with Gasteiger partial charge in [0, 0.05) is 4.88 Å². The summed E-state index contributed by atoms with van der Waals surface area (Å²) >= 11 is 3.04. The van der Waals surface area contributed by atoms with Crippen LogP contribution in [0, 0.1) is 0 Å². The van der Waals surface area contributed by atoms with Crippen LogP contribution in [0.2, 0.25) is 0 Å². The zero-order chi connectivity index (χ0) is 17.4. The normalized spacial score (nSPS) is 15.1. The summed E-state index contributed by atoms with van der Waals surface area (Å²) in [4.78, 5) is 35.0. The Balaban J connectivity index is 1.46. The molecular formula is C17H18N4O2S2. The fraction of sp³-hybridized carbons (Fsp3) is 0.412. The number of nitrogens with one attached hydrogen (secondary N) is 1. The molecule has 1 atom stereocenters. The second-order valence-corrected chi connectivity index (χ2v) is 8.26. The van der Waals surface area contributed by atoms with E-state index in [9.17, 15) is 9.59 Å². The smallest absolute Gasteiger partial charge is 0.271 e. The minimum absolute atomic E-state index is 0.0326. The number of fused-ring (bicyclic) bond motifs is 2. The summed E-state index contributed by atoms with van der Waals surface area (Å²) in [6.07, 6.45) is 5.97. The Bertz CT molecular complexity index is 965. The van der Waals surface area contributed by atoms with Gasteiger partial charge in [0.15, 0.2) is 0 Å². The lowest BCUT2D eigenvalue weighted by Gasteiger charge is -2.12. The van der Waals surface area contributed by atoms with E-state index in [0.29, 0.717) is 10.2 Å². The lowest BCUT2D eigenvalue weighted by molar-refractivity contribution is -0.122. The van der Waals surface area contributed by atoms with Crippen molar-refractivity contribution >= 4 is 38.8 Å². The Morgan fingerprint density at radius 2 is 2.24 bits per heavy atom. The lowest BCUT2D eigenvalue weighted by atomic mass is 10.0. The molecular weight excluding hydrogens is 356 g/mol. The standard InChI is InChI=1S/C17H18N4O2S2/c1-10(16-20-11-4-2-3-5-13(11)25-16)19-14(22)8-21-9-18-12-6-7-24-15(12)17(21)23/h6-7,9-10H,2-5,8H2,1H3,(H,19,22)/t10-/m0/s1. The largest absolute Gasteiger partial charge is 0.346 e. The Hall–Kier alpha value is -2.06. The molecule has 0 fully saturated rings. The minimum atomic E-state index is -0.208. The third-order valence-electron chi connectivity index (χ3n) is 4.36. The zero-order valence-electron chi connectivity index (χ0n) is 13.8. The molecule has 3 aromatic heterocycles. The Morgan fingerprint density at radius 3 is 3.08 bits per heavy atom. The van der Waals surface area contributed by atoms with Crippen LogP contribution in [0.3, 0.4) is 0 Å². The number of carbonyl (C=O) groups is 1. The van der Waals surface area contributed by atoms with Crippen molar-refractivity contribution in [3.05, 3.63) is 43.7 Å². The van der Waals surface area contributed by atoms with Crippen LogP contribution >= 0.6 is 22.7 Å². The van der Waals surface area contributed by atoms with E-state index in [1.165, 1.54) is 45.6 Å². The van der Waals surface area contributed by atoms with E-state index < -0.39 is 0 Å². The van der Waals surface area contributed by atoms with Gasteiger partial charge in [0.25, 0.3) is 5.56 Å². The van der Waals surface area contributed by atoms with Crippen LogP contribution in [0.1, 0.15) is 41.4 Å². The van der Waals surface area contributed by atoms with Gasteiger partial charge < -0.3 is 5.32 Å². The molecule has 1 aliphatic carbocycles. The van der Waals surface area contributed by atoms with Crippen LogP contribution in [0.15, 0.2) is 22.6 Å². The van der Waals surface area contributed by atoms with Crippen LogP contribution in [-0.4, -0.2) is 20.4 Å². The Kier molecular flexibility index (Phi) is 4.39. The topological polar surface area (TPSA) is 76.9 Å².